The lowest BCUT2D eigenvalue weighted by molar-refractivity contribution is -0.274. The van der Waals surface area contributed by atoms with Crippen LogP contribution in [0, 0.1) is 0 Å². The molecule has 0 saturated carbocycles. The van der Waals surface area contributed by atoms with E-state index < -0.39 is 16.4 Å². The number of carbonyl (C=O) groups is 1. The second kappa shape index (κ2) is 10.1. The molecule has 0 radical (unpaired) electrons. The minimum Gasteiger partial charge on any atom is -0.406 e. The van der Waals surface area contributed by atoms with E-state index in [9.17, 15) is 18.0 Å². The third-order valence-electron chi connectivity index (χ3n) is 4.99. The summed E-state index contributed by atoms with van der Waals surface area (Å²) in [6, 6.07) is 9.49. The third kappa shape index (κ3) is 6.58. The number of carbonyl (C=O) groups excluding carboxylic acids is 1. The maximum absolute atomic E-state index is 13.6. The number of nitrogens with zero attached hydrogens (tertiary/aromatic N) is 2. The normalized spacial score (nSPS) is 14.6. The smallest absolute Gasteiger partial charge is 0.406 e. The molecule has 33 heavy (non-hydrogen) atoms. The zero-order valence-corrected chi connectivity index (χ0v) is 21.4. The number of anilines is 3. The van der Waals surface area contributed by atoms with Crippen LogP contribution in [0.1, 0.15) is 23.7 Å². The molecule has 0 aromatic heterocycles. The Balaban J connectivity index is 2.08. The third-order valence-corrected chi connectivity index (χ3v) is 6.88. The maximum Gasteiger partial charge on any atom is 0.573 e. The topological polar surface area (TPSA) is 42.0 Å². The summed E-state index contributed by atoms with van der Waals surface area (Å²) in [6.07, 6.45) is 2.44. The number of benzene rings is 2. The van der Waals surface area contributed by atoms with Crippen molar-refractivity contribution in [2.75, 3.05) is 54.2 Å². The molecular weight excluding hydrogens is 521 g/mol. The fraction of sp³-hybridized carbons (Fsp3) is 0.435. The average Bonchev–Trinajstić information content (AvgIpc) is 2.78. The Kier molecular flexibility index (Phi) is 7.91. The summed E-state index contributed by atoms with van der Waals surface area (Å²) in [7, 11) is -0.794. The molecular formula is C23H28BrF3N2O3S. The maximum atomic E-state index is 13.6. The quantitative estimate of drug-likeness (QED) is 0.352. The van der Waals surface area contributed by atoms with Crippen LogP contribution in [0.4, 0.5) is 30.2 Å². The van der Waals surface area contributed by atoms with E-state index in [1.807, 2.05) is 24.0 Å². The summed E-state index contributed by atoms with van der Waals surface area (Å²) in [5.41, 5.74) is 2.06. The minimum atomic E-state index is -4.84. The molecule has 0 N–H and O–H groups in total. The molecule has 0 saturated heterocycles. The Morgan fingerprint density at radius 3 is 2.33 bits per heavy atom. The number of hydrogen-bond donors (Lipinski definition) is 0. The summed E-state index contributed by atoms with van der Waals surface area (Å²) < 4.78 is 49.4. The first-order valence-corrected chi connectivity index (χ1v) is 14.2. The van der Waals surface area contributed by atoms with Crippen LogP contribution < -0.4 is 14.5 Å². The summed E-state index contributed by atoms with van der Waals surface area (Å²) >= 11 is 3.42. The van der Waals surface area contributed by atoms with E-state index in [0.717, 1.165) is 16.6 Å². The molecule has 0 spiro atoms. The second-order valence-electron chi connectivity index (χ2n) is 8.58. The number of ether oxygens (including phenoxy) is 2. The number of amides is 1. The molecule has 1 heterocycles. The van der Waals surface area contributed by atoms with Crippen molar-refractivity contribution >= 4 is 48.9 Å². The standard InChI is InChI=1S/C23H28BrF3N2O3S/c1-5-10-28-19-8-6-16(24)13-18(19)22(30)29(15-31-11-12-33(2,3)4)21-14-17(7-9-20(21)28)32-23(25,26)27/h6-9,13-14H,5,10-12,15H2,1-4H3. The first-order valence-electron chi connectivity index (χ1n) is 10.4. The van der Waals surface area contributed by atoms with Crippen molar-refractivity contribution in [2.24, 2.45) is 0 Å². The number of halogens is 4. The monoisotopic (exact) mass is 548 g/mol. The van der Waals surface area contributed by atoms with Crippen molar-refractivity contribution in [1.82, 2.24) is 0 Å². The van der Waals surface area contributed by atoms with E-state index in [1.54, 1.807) is 12.1 Å². The Bertz CT molecular complexity index is 1010. The molecule has 3 rings (SSSR count). The Morgan fingerprint density at radius 1 is 1.00 bits per heavy atom. The fourth-order valence-corrected chi connectivity index (χ4v) is 4.48. The van der Waals surface area contributed by atoms with Crippen LogP contribution in [-0.2, 0) is 4.74 Å². The first kappa shape index (κ1) is 25.7. The molecule has 1 aliphatic heterocycles. The van der Waals surface area contributed by atoms with Gasteiger partial charge in [-0.05, 0) is 55.5 Å². The summed E-state index contributed by atoms with van der Waals surface area (Å²) in [5.74, 6) is 0.114. The van der Waals surface area contributed by atoms with Crippen LogP contribution in [0.3, 0.4) is 0 Å². The Morgan fingerprint density at radius 2 is 1.70 bits per heavy atom. The van der Waals surface area contributed by atoms with E-state index >= 15 is 0 Å². The molecule has 182 valence electrons. The van der Waals surface area contributed by atoms with Gasteiger partial charge in [0.15, 0.2) is 0 Å². The first-order chi connectivity index (χ1) is 15.4. The lowest BCUT2D eigenvalue weighted by Gasteiger charge is -2.28. The van der Waals surface area contributed by atoms with E-state index in [2.05, 4.69) is 39.4 Å². The molecule has 2 aromatic carbocycles. The zero-order valence-electron chi connectivity index (χ0n) is 19.0. The van der Waals surface area contributed by atoms with Crippen LogP contribution in [0.5, 0.6) is 5.75 Å². The fourth-order valence-electron chi connectivity index (χ4n) is 3.50. The summed E-state index contributed by atoms with van der Waals surface area (Å²) in [6.45, 7) is 2.95. The van der Waals surface area contributed by atoms with E-state index in [4.69, 9.17) is 4.74 Å². The van der Waals surface area contributed by atoms with Gasteiger partial charge < -0.3 is 14.4 Å². The second-order valence-corrected chi connectivity index (χ2v) is 14.1. The molecule has 0 fully saturated rings. The van der Waals surface area contributed by atoms with Crippen molar-refractivity contribution in [3.63, 3.8) is 0 Å². The Labute approximate surface area is 202 Å². The summed E-state index contributed by atoms with van der Waals surface area (Å²) in [5, 5.41) is 0. The van der Waals surface area contributed by atoms with Gasteiger partial charge in [0.1, 0.15) is 12.5 Å². The predicted octanol–water partition coefficient (Wildman–Crippen LogP) is 6.52. The molecule has 5 nitrogen and oxygen atoms in total. The van der Waals surface area contributed by atoms with Gasteiger partial charge in [-0.25, -0.2) is 10.0 Å². The van der Waals surface area contributed by atoms with E-state index in [0.29, 0.717) is 35.8 Å². The number of rotatable bonds is 8. The lowest BCUT2D eigenvalue weighted by Crippen LogP contribution is -2.33. The molecule has 0 bridgehead atoms. The highest BCUT2D eigenvalue weighted by Gasteiger charge is 2.34. The Hall–Kier alpha value is -1.91. The van der Waals surface area contributed by atoms with Crippen LogP contribution in [0.2, 0.25) is 0 Å². The molecule has 0 atom stereocenters. The van der Waals surface area contributed by atoms with Crippen molar-refractivity contribution < 1.29 is 27.4 Å². The highest BCUT2D eigenvalue weighted by Crippen LogP contribution is 2.44. The van der Waals surface area contributed by atoms with Gasteiger partial charge >= 0.3 is 6.36 Å². The van der Waals surface area contributed by atoms with Crippen molar-refractivity contribution in [3.05, 3.63) is 46.4 Å². The number of fused-ring (bicyclic) bond motifs is 2. The number of alkyl halides is 3. The van der Waals surface area contributed by atoms with Gasteiger partial charge in [0, 0.05) is 22.8 Å². The largest absolute Gasteiger partial charge is 0.573 e. The van der Waals surface area contributed by atoms with Crippen LogP contribution in [0.25, 0.3) is 0 Å². The van der Waals surface area contributed by atoms with E-state index in [1.165, 1.54) is 17.0 Å². The van der Waals surface area contributed by atoms with Crippen LogP contribution in [-0.4, -0.2) is 56.7 Å². The minimum absolute atomic E-state index is 0.0806. The highest BCUT2D eigenvalue weighted by molar-refractivity contribution is 9.10. The van der Waals surface area contributed by atoms with Crippen molar-refractivity contribution in [1.29, 1.82) is 0 Å². The van der Waals surface area contributed by atoms with Crippen molar-refractivity contribution in [2.45, 2.75) is 19.7 Å². The molecule has 2 aromatic rings. The summed E-state index contributed by atoms with van der Waals surface area (Å²) in [4.78, 5) is 17.0. The molecule has 1 aliphatic rings. The van der Waals surface area contributed by atoms with Gasteiger partial charge in [-0.1, -0.05) is 22.9 Å². The molecule has 0 aliphatic carbocycles. The zero-order chi connectivity index (χ0) is 24.4. The molecule has 0 unspecified atom stereocenters. The number of hydrogen-bond acceptors (Lipinski definition) is 4. The van der Waals surface area contributed by atoms with Crippen LogP contribution >= 0.6 is 26.0 Å². The van der Waals surface area contributed by atoms with Crippen molar-refractivity contribution in [3.8, 4) is 5.75 Å². The van der Waals surface area contributed by atoms with Gasteiger partial charge in [0.2, 0.25) is 0 Å². The van der Waals surface area contributed by atoms with Gasteiger partial charge in [-0.15, -0.1) is 13.2 Å². The van der Waals surface area contributed by atoms with Gasteiger partial charge in [-0.3, -0.25) is 9.69 Å². The SMILES string of the molecule is CCCN1c2ccc(Br)cc2C(=O)N(COCCS(C)(C)C)c2cc(OC(F)(F)F)ccc21. The van der Waals surface area contributed by atoms with E-state index in [-0.39, 0.29) is 18.4 Å². The van der Waals surface area contributed by atoms with Gasteiger partial charge in [0.05, 0.1) is 29.2 Å². The average molecular weight is 549 g/mol. The predicted molar refractivity (Wildman–Crippen MR) is 132 cm³/mol. The molecule has 10 heteroatoms. The van der Waals surface area contributed by atoms with Gasteiger partial charge in [-0.2, -0.15) is 0 Å². The molecule has 1 amide bonds. The lowest BCUT2D eigenvalue weighted by atomic mass is 10.1. The van der Waals surface area contributed by atoms with Crippen LogP contribution in [0.15, 0.2) is 40.9 Å². The van der Waals surface area contributed by atoms with Gasteiger partial charge in [0.25, 0.3) is 5.91 Å². The highest BCUT2D eigenvalue weighted by atomic mass is 79.9.